The van der Waals surface area contributed by atoms with Crippen molar-refractivity contribution in [1.82, 2.24) is 5.32 Å². The molecule has 0 heterocycles. The Hall–Kier alpha value is -1.61. The molecule has 0 fully saturated rings. The third kappa shape index (κ3) is 3.51. The molecule has 1 N–H and O–H groups in total. The summed E-state index contributed by atoms with van der Waals surface area (Å²) in [6.45, 7) is 0.196. The number of nitrogens with one attached hydrogen (secondary N) is 1. The summed E-state index contributed by atoms with van der Waals surface area (Å²) in [7, 11) is 0. The number of halogens is 2. The molecule has 0 aromatic heterocycles. The number of hydrogen-bond donors (Lipinski definition) is 1. The molecule has 0 radical (unpaired) electrons. The van der Waals surface area contributed by atoms with Crippen LogP contribution >= 0.6 is 11.8 Å². The van der Waals surface area contributed by atoms with Gasteiger partial charge >= 0.3 is 0 Å². The number of rotatable bonds is 2. The number of thioether (sulfide) groups is 1. The molecule has 0 saturated heterocycles. The minimum Gasteiger partial charge on any atom is -0.272 e. The summed E-state index contributed by atoms with van der Waals surface area (Å²) >= 11 is 1.27. The van der Waals surface area contributed by atoms with Gasteiger partial charge in [0, 0.05) is 0 Å². The van der Waals surface area contributed by atoms with Crippen molar-refractivity contribution in [2.24, 2.45) is 4.99 Å². The van der Waals surface area contributed by atoms with Crippen LogP contribution in [-0.2, 0) is 6.54 Å². The molecule has 0 amide bonds. The van der Waals surface area contributed by atoms with Crippen molar-refractivity contribution in [1.29, 1.82) is 5.26 Å². The van der Waals surface area contributed by atoms with Gasteiger partial charge in [0.25, 0.3) is 0 Å². The van der Waals surface area contributed by atoms with E-state index in [1.165, 1.54) is 17.8 Å². The molecule has 1 aromatic rings. The topological polar surface area (TPSA) is 48.2 Å². The minimum absolute atomic E-state index is 0.196. The van der Waals surface area contributed by atoms with Gasteiger partial charge in [0.1, 0.15) is 0 Å². The van der Waals surface area contributed by atoms with Crippen LogP contribution in [0.3, 0.4) is 0 Å². The Labute approximate surface area is 96.2 Å². The first kappa shape index (κ1) is 12.5. The maximum Gasteiger partial charge on any atom is 0.183 e. The predicted octanol–water partition coefficient (Wildman–Crippen LogP) is 2.25. The molecule has 0 saturated carbocycles. The van der Waals surface area contributed by atoms with E-state index in [0.717, 1.165) is 12.1 Å². The van der Waals surface area contributed by atoms with Crippen molar-refractivity contribution < 1.29 is 8.78 Å². The fourth-order valence-electron chi connectivity index (χ4n) is 1.00. The monoisotopic (exact) mass is 241 g/mol. The van der Waals surface area contributed by atoms with Gasteiger partial charge in [0.15, 0.2) is 23.0 Å². The van der Waals surface area contributed by atoms with Crippen molar-refractivity contribution in [3.05, 3.63) is 35.4 Å². The second kappa shape index (κ2) is 6.08. The Kier molecular flexibility index (Phi) is 4.73. The molecule has 1 rings (SSSR count). The van der Waals surface area contributed by atoms with Gasteiger partial charge < -0.3 is 0 Å². The molecule has 84 valence electrons. The van der Waals surface area contributed by atoms with Crippen molar-refractivity contribution in [2.45, 2.75) is 6.54 Å². The zero-order valence-corrected chi connectivity index (χ0v) is 9.31. The second-order valence-corrected chi connectivity index (χ2v) is 3.61. The van der Waals surface area contributed by atoms with Crippen LogP contribution in [-0.4, -0.2) is 11.4 Å². The first-order valence-electron chi connectivity index (χ1n) is 4.35. The first-order valence-corrected chi connectivity index (χ1v) is 5.57. The van der Waals surface area contributed by atoms with E-state index < -0.39 is 11.6 Å². The van der Waals surface area contributed by atoms with Gasteiger partial charge in [-0.1, -0.05) is 17.8 Å². The molecule has 0 unspecified atom stereocenters. The third-order valence-corrected chi connectivity index (χ3v) is 2.36. The number of hydrogen-bond acceptors (Lipinski definition) is 3. The summed E-state index contributed by atoms with van der Waals surface area (Å²) < 4.78 is 25.5. The van der Waals surface area contributed by atoms with E-state index in [-0.39, 0.29) is 6.54 Å². The van der Waals surface area contributed by atoms with Crippen LogP contribution in [0, 0.1) is 23.1 Å². The van der Waals surface area contributed by atoms with Crippen LogP contribution in [0.2, 0.25) is 0 Å². The molecule has 6 heteroatoms. The first-order chi connectivity index (χ1) is 7.67. The summed E-state index contributed by atoms with van der Waals surface area (Å²) in [6, 6.07) is 3.59. The molecular weight excluding hydrogens is 232 g/mol. The van der Waals surface area contributed by atoms with Crippen LogP contribution < -0.4 is 5.32 Å². The van der Waals surface area contributed by atoms with E-state index in [1.807, 2.05) is 0 Å². The van der Waals surface area contributed by atoms with Crippen molar-refractivity contribution >= 4 is 16.9 Å². The molecule has 3 nitrogen and oxygen atoms in total. The van der Waals surface area contributed by atoms with Gasteiger partial charge in [-0.05, 0) is 24.0 Å². The van der Waals surface area contributed by atoms with Gasteiger partial charge in [0.2, 0.25) is 0 Å². The highest BCUT2D eigenvalue weighted by Crippen LogP contribution is 2.10. The van der Waals surface area contributed by atoms with Gasteiger partial charge in [-0.25, -0.2) is 8.78 Å². The molecule has 0 bridgehead atoms. The van der Waals surface area contributed by atoms with Gasteiger partial charge in [-0.15, -0.1) is 0 Å². The third-order valence-electron chi connectivity index (χ3n) is 1.75. The quantitative estimate of drug-likeness (QED) is 0.374. The summed E-state index contributed by atoms with van der Waals surface area (Å²) in [5, 5.41) is 11.2. The van der Waals surface area contributed by atoms with Crippen LogP contribution in [0.5, 0.6) is 0 Å². The largest absolute Gasteiger partial charge is 0.272 e. The maximum absolute atomic E-state index is 12.8. The van der Waals surface area contributed by atoms with Crippen molar-refractivity contribution in [3.63, 3.8) is 0 Å². The Bertz CT molecular complexity index is 440. The Morgan fingerprint density at radius 3 is 2.81 bits per heavy atom. The average molecular weight is 241 g/mol. The Balaban J connectivity index is 2.73. The van der Waals surface area contributed by atoms with Crippen LogP contribution in [0.25, 0.3) is 0 Å². The number of aliphatic imine (C=N–C) groups is 1. The van der Waals surface area contributed by atoms with E-state index in [2.05, 4.69) is 10.3 Å². The van der Waals surface area contributed by atoms with Crippen LogP contribution in [0.15, 0.2) is 23.2 Å². The average Bonchev–Trinajstić information content (AvgIpc) is 2.28. The summed E-state index contributed by atoms with van der Waals surface area (Å²) in [5.74, 6) is -1.78. The summed E-state index contributed by atoms with van der Waals surface area (Å²) in [4.78, 5) is 4.03. The predicted molar refractivity (Wildman–Crippen MR) is 59.8 cm³/mol. The van der Waals surface area contributed by atoms with Crippen LogP contribution in [0.1, 0.15) is 5.56 Å². The number of nitriles is 1. The second-order valence-electron chi connectivity index (χ2n) is 2.81. The fraction of sp³-hybridized carbons (Fsp3) is 0.200. The lowest BCUT2D eigenvalue weighted by atomic mass is 10.2. The van der Waals surface area contributed by atoms with Crippen LogP contribution in [0.4, 0.5) is 8.78 Å². The smallest absolute Gasteiger partial charge is 0.183 e. The van der Waals surface area contributed by atoms with E-state index in [9.17, 15) is 8.78 Å². The van der Waals surface area contributed by atoms with Gasteiger partial charge in [0.05, 0.1) is 6.54 Å². The Morgan fingerprint density at radius 1 is 1.50 bits per heavy atom. The zero-order chi connectivity index (χ0) is 12.0. The highest BCUT2D eigenvalue weighted by molar-refractivity contribution is 8.13. The molecule has 16 heavy (non-hydrogen) atoms. The van der Waals surface area contributed by atoms with Crippen molar-refractivity contribution in [3.8, 4) is 6.19 Å². The molecule has 1 aromatic carbocycles. The van der Waals surface area contributed by atoms with E-state index in [1.54, 1.807) is 12.4 Å². The molecule has 0 atom stereocenters. The summed E-state index contributed by atoms with van der Waals surface area (Å²) in [6.07, 6.45) is 3.50. The highest BCUT2D eigenvalue weighted by Gasteiger charge is 2.02. The number of amidine groups is 1. The lowest BCUT2D eigenvalue weighted by Gasteiger charge is -2.01. The molecule has 0 aliphatic carbocycles. The standard InChI is InChI=1S/C10H9F2N3S/c1-16-10(15-6-13)14-5-7-2-3-8(11)9(12)4-7/h2-4H,5H2,1H3,(H,14,15). The number of nitrogens with zero attached hydrogens (tertiary/aromatic N) is 2. The minimum atomic E-state index is -0.897. The normalized spacial score (nSPS) is 11.0. The SMILES string of the molecule is CSC(=NCc1ccc(F)c(F)c1)NC#N. The van der Waals surface area contributed by atoms with E-state index in [0.29, 0.717) is 10.7 Å². The highest BCUT2D eigenvalue weighted by atomic mass is 32.2. The number of benzene rings is 1. The Morgan fingerprint density at radius 2 is 2.25 bits per heavy atom. The zero-order valence-electron chi connectivity index (χ0n) is 8.50. The van der Waals surface area contributed by atoms with E-state index >= 15 is 0 Å². The van der Waals surface area contributed by atoms with Crippen molar-refractivity contribution in [2.75, 3.05) is 6.26 Å². The lowest BCUT2D eigenvalue weighted by Crippen LogP contribution is -2.13. The molecule has 0 aliphatic heterocycles. The molecule has 0 spiro atoms. The molecule has 0 aliphatic rings. The van der Waals surface area contributed by atoms with E-state index in [4.69, 9.17) is 5.26 Å². The summed E-state index contributed by atoms with van der Waals surface area (Å²) in [5.41, 5.74) is 0.546. The fourth-order valence-corrected chi connectivity index (χ4v) is 1.35. The lowest BCUT2D eigenvalue weighted by molar-refractivity contribution is 0.507. The molecular formula is C10H9F2N3S. The maximum atomic E-state index is 12.8. The van der Waals surface area contributed by atoms with Gasteiger partial charge in [-0.3, -0.25) is 10.3 Å². The van der Waals surface area contributed by atoms with Gasteiger partial charge in [-0.2, -0.15) is 5.26 Å².